The monoisotopic (exact) mass is 226 g/mol. The van der Waals surface area contributed by atoms with E-state index in [1.54, 1.807) is 0 Å². The lowest BCUT2D eigenvalue weighted by atomic mass is 10.2. The van der Waals surface area contributed by atoms with Gasteiger partial charge in [-0.15, -0.1) is 0 Å². The molecule has 0 aliphatic carbocycles. The van der Waals surface area contributed by atoms with Crippen LogP contribution in [-0.2, 0) is 4.74 Å². The van der Waals surface area contributed by atoms with E-state index in [2.05, 4.69) is 0 Å². The van der Waals surface area contributed by atoms with Crippen molar-refractivity contribution in [2.75, 3.05) is 6.61 Å². The number of hydrogen-bond acceptors (Lipinski definition) is 3. The third kappa shape index (κ3) is 3.53. The molecule has 0 amide bonds. The number of carbonyl (C=O) groups excluding carboxylic acids is 1. The van der Waals surface area contributed by atoms with Crippen molar-refractivity contribution in [3.05, 3.63) is 29.6 Å². The maximum absolute atomic E-state index is 13.2. The standard InChI is InChI=1S/C12H15FO3/c1-2-3-4-7-16-12(15)10-6-5-9(14)8-11(10)13/h5-6,8,14H,2-4,7H2,1H3. The molecule has 0 saturated heterocycles. The van der Waals surface area contributed by atoms with Crippen LogP contribution in [0.2, 0.25) is 0 Å². The Hall–Kier alpha value is -1.58. The van der Waals surface area contributed by atoms with Gasteiger partial charge in [-0.05, 0) is 18.6 Å². The van der Waals surface area contributed by atoms with Crippen LogP contribution in [-0.4, -0.2) is 17.7 Å². The van der Waals surface area contributed by atoms with Gasteiger partial charge in [0.05, 0.1) is 12.2 Å². The van der Waals surface area contributed by atoms with Crippen LogP contribution in [0, 0.1) is 5.82 Å². The first kappa shape index (κ1) is 12.5. The van der Waals surface area contributed by atoms with E-state index in [-0.39, 0.29) is 11.3 Å². The minimum atomic E-state index is -0.763. The van der Waals surface area contributed by atoms with Gasteiger partial charge in [0.25, 0.3) is 0 Å². The van der Waals surface area contributed by atoms with Crippen LogP contribution in [0.15, 0.2) is 18.2 Å². The van der Waals surface area contributed by atoms with Gasteiger partial charge in [-0.2, -0.15) is 0 Å². The highest BCUT2D eigenvalue weighted by molar-refractivity contribution is 5.89. The third-order valence-corrected chi connectivity index (χ3v) is 2.15. The van der Waals surface area contributed by atoms with E-state index in [9.17, 15) is 9.18 Å². The average Bonchev–Trinajstić information content (AvgIpc) is 2.24. The summed E-state index contributed by atoms with van der Waals surface area (Å²) in [7, 11) is 0. The van der Waals surface area contributed by atoms with Crippen molar-refractivity contribution in [2.45, 2.75) is 26.2 Å². The zero-order valence-electron chi connectivity index (χ0n) is 9.20. The molecule has 16 heavy (non-hydrogen) atoms. The van der Waals surface area contributed by atoms with Crippen molar-refractivity contribution in [3.8, 4) is 5.75 Å². The molecule has 0 heterocycles. The zero-order chi connectivity index (χ0) is 12.0. The number of benzene rings is 1. The molecule has 0 unspecified atom stereocenters. The molecule has 0 spiro atoms. The van der Waals surface area contributed by atoms with Crippen molar-refractivity contribution >= 4 is 5.97 Å². The van der Waals surface area contributed by atoms with E-state index in [1.807, 2.05) is 6.92 Å². The quantitative estimate of drug-likeness (QED) is 0.620. The Morgan fingerprint density at radius 1 is 1.44 bits per heavy atom. The van der Waals surface area contributed by atoms with Crippen LogP contribution >= 0.6 is 0 Å². The van der Waals surface area contributed by atoms with Crippen LogP contribution in [0.5, 0.6) is 5.75 Å². The summed E-state index contributed by atoms with van der Waals surface area (Å²) in [4.78, 5) is 11.4. The number of halogens is 1. The molecule has 0 aromatic heterocycles. The molecule has 3 nitrogen and oxygen atoms in total. The predicted octanol–water partition coefficient (Wildman–Crippen LogP) is 2.88. The maximum atomic E-state index is 13.2. The number of phenols is 1. The van der Waals surface area contributed by atoms with Gasteiger partial charge in [-0.3, -0.25) is 0 Å². The fourth-order valence-corrected chi connectivity index (χ4v) is 1.26. The maximum Gasteiger partial charge on any atom is 0.341 e. The Morgan fingerprint density at radius 2 is 2.19 bits per heavy atom. The van der Waals surface area contributed by atoms with Crippen LogP contribution in [0.1, 0.15) is 36.5 Å². The van der Waals surface area contributed by atoms with Crippen molar-refractivity contribution in [1.82, 2.24) is 0 Å². The number of unbranched alkanes of at least 4 members (excludes halogenated alkanes) is 2. The predicted molar refractivity (Wildman–Crippen MR) is 57.9 cm³/mol. The first-order valence-corrected chi connectivity index (χ1v) is 5.30. The van der Waals surface area contributed by atoms with Gasteiger partial charge in [0.1, 0.15) is 11.6 Å². The van der Waals surface area contributed by atoms with Crippen LogP contribution < -0.4 is 0 Å². The van der Waals surface area contributed by atoms with Crippen LogP contribution in [0.25, 0.3) is 0 Å². The average molecular weight is 226 g/mol. The van der Waals surface area contributed by atoms with E-state index in [0.29, 0.717) is 6.61 Å². The first-order chi connectivity index (χ1) is 7.65. The number of rotatable bonds is 5. The summed E-state index contributed by atoms with van der Waals surface area (Å²) < 4.78 is 18.1. The summed E-state index contributed by atoms with van der Waals surface area (Å²) in [6, 6.07) is 3.36. The summed E-state index contributed by atoms with van der Waals surface area (Å²) >= 11 is 0. The lowest BCUT2D eigenvalue weighted by molar-refractivity contribution is 0.0493. The van der Waals surface area contributed by atoms with Gasteiger partial charge >= 0.3 is 5.97 Å². The van der Waals surface area contributed by atoms with Crippen molar-refractivity contribution in [3.63, 3.8) is 0 Å². The Balaban J connectivity index is 2.53. The molecule has 0 bridgehead atoms. The molecule has 0 radical (unpaired) electrons. The van der Waals surface area contributed by atoms with E-state index in [4.69, 9.17) is 9.84 Å². The fraction of sp³-hybridized carbons (Fsp3) is 0.417. The molecule has 0 fully saturated rings. The molecule has 1 rings (SSSR count). The molecule has 88 valence electrons. The second kappa shape index (κ2) is 6.10. The smallest absolute Gasteiger partial charge is 0.341 e. The number of hydrogen-bond donors (Lipinski definition) is 1. The molecule has 0 saturated carbocycles. The first-order valence-electron chi connectivity index (χ1n) is 5.30. The third-order valence-electron chi connectivity index (χ3n) is 2.15. The van der Waals surface area contributed by atoms with E-state index in [0.717, 1.165) is 25.3 Å². The summed E-state index contributed by atoms with van der Waals surface area (Å²) in [5, 5.41) is 8.97. The zero-order valence-corrected chi connectivity index (χ0v) is 9.20. The second-order valence-electron chi connectivity index (χ2n) is 3.51. The molecule has 1 N–H and O–H groups in total. The minimum Gasteiger partial charge on any atom is -0.508 e. The van der Waals surface area contributed by atoms with Gasteiger partial charge in [0.15, 0.2) is 0 Å². The molecular weight excluding hydrogens is 211 g/mol. The normalized spacial score (nSPS) is 10.1. The molecule has 0 atom stereocenters. The summed E-state index contributed by atoms with van der Waals surface area (Å²) in [5.41, 5.74) is -0.144. The number of phenolic OH excluding ortho intramolecular Hbond substituents is 1. The molecule has 1 aromatic rings. The number of aromatic hydroxyl groups is 1. The summed E-state index contributed by atoms with van der Waals surface area (Å²) in [6.07, 6.45) is 2.79. The van der Waals surface area contributed by atoms with Gasteiger partial charge in [-0.1, -0.05) is 19.8 Å². The van der Waals surface area contributed by atoms with E-state index < -0.39 is 11.8 Å². The fourth-order valence-electron chi connectivity index (χ4n) is 1.26. The highest BCUT2D eigenvalue weighted by Gasteiger charge is 2.13. The number of ether oxygens (including phenoxy) is 1. The molecule has 0 aliphatic heterocycles. The molecular formula is C12H15FO3. The summed E-state index contributed by atoms with van der Waals surface area (Å²) in [5.74, 6) is -1.66. The Morgan fingerprint density at radius 3 is 2.81 bits per heavy atom. The topological polar surface area (TPSA) is 46.5 Å². The Kier molecular flexibility index (Phi) is 4.76. The van der Waals surface area contributed by atoms with Gasteiger partial charge in [0.2, 0.25) is 0 Å². The van der Waals surface area contributed by atoms with Crippen molar-refractivity contribution < 1.29 is 19.0 Å². The summed E-state index contributed by atoms with van der Waals surface area (Å²) in [6.45, 7) is 2.34. The van der Waals surface area contributed by atoms with Gasteiger partial charge < -0.3 is 9.84 Å². The lowest BCUT2D eigenvalue weighted by Crippen LogP contribution is -2.08. The van der Waals surface area contributed by atoms with E-state index in [1.165, 1.54) is 12.1 Å². The van der Waals surface area contributed by atoms with Crippen molar-refractivity contribution in [1.29, 1.82) is 0 Å². The highest BCUT2D eigenvalue weighted by atomic mass is 19.1. The minimum absolute atomic E-state index is 0.144. The van der Waals surface area contributed by atoms with Crippen molar-refractivity contribution in [2.24, 2.45) is 0 Å². The van der Waals surface area contributed by atoms with Crippen LogP contribution in [0.4, 0.5) is 4.39 Å². The number of esters is 1. The van der Waals surface area contributed by atoms with E-state index >= 15 is 0 Å². The Labute approximate surface area is 93.9 Å². The SMILES string of the molecule is CCCCCOC(=O)c1ccc(O)cc1F. The second-order valence-corrected chi connectivity index (χ2v) is 3.51. The molecule has 0 aliphatic rings. The molecule has 1 aromatic carbocycles. The van der Waals surface area contributed by atoms with Crippen LogP contribution in [0.3, 0.4) is 0 Å². The van der Waals surface area contributed by atoms with Gasteiger partial charge in [-0.25, -0.2) is 9.18 Å². The Bertz CT molecular complexity index is 363. The number of carbonyl (C=O) groups is 1. The van der Waals surface area contributed by atoms with Gasteiger partial charge in [0, 0.05) is 6.07 Å². The lowest BCUT2D eigenvalue weighted by Gasteiger charge is -2.05. The molecule has 4 heteroatoms. The largest absolute Gasteiger partial charge is 0.508 e. The highest BCUT2D eigenvalue weighted by Crippen LogP contribution is 2.15.